The van der Waals surface area contributed by atoms with E-state index in [1.807, 2.05) is 21.9 Å². The van der Waals surface area contributed by atoms with Gasteiger partial charge in [-0.15, -0.1) is 0 Å². The summed E-state index contributed by atoms with van der Waals surface area (Å²) in [5, 5.41) is 29.3. The predicted molar refractivity (Wildman–Crippen MR) is 91.2 cm³/mol. The number of nitriles is 2. The third-order valence-corrected chi connectivity index (χ3v) is 3.66. The molecular weight excluding hydrogens is 308 g/mol. The van der Waals surface area contributed by atoms with Gasteiger partial charge < -0.3 is 31.1 Å². The average Bonchev–Trinajstić information content (AvgIpc) is 2.93. The second kappa shape index (κ2) is 13.5. The Kier molecular flexibility index (Phi) is 11.3. The van der Waals surface area contributed by atoms with Gasteiger partial charge in [-0.3, -0.25) is 0 Å². The second-order valence-corrected chi connectivity index (χ2v) is 5.43. The number of urea groups is 1. The number of carbonyl (C=O) groups is 1. The summed E-state index contributed by atoms with van der Waals surface area (Å²) >= 11 is 0. The summed E-state index contributed by atoms with van der Waals surface area (Å²) in [5.41, 5.74) is 0. The highest BCUT2D eigenvalue weighted by molar-refractivity contribution is 5.76. The fourth-order valence-electron chi connectivity index (χ4n) is 2.37. The molecule has 0 bridgehead atoms. The highest BCUT2D eigenvalue weighted by atomic mass is 16.2. The topological polar surface area (TPSA) is 119 Å². The molecule has 1 fully saturated rings. The van der Waals surface area contributed by atoms with Crippen LogP contribution in [0.15, 0.2) is 0 Å². The number of carbonyl (C=O) groups excluding carboxylic acids is 1. The molecule has 134 valence electrons. The summed E-state index contributed by atoms with van der Waals surface area (Å²) in [5.74, 6) is 0. The zero-order valence-electron chi connectivity index (χ0n) is 14.2. The molecule has 9 nitrogen and oxygen atoms in total. The van der Waals surface area contributed by atoms with Crippen LogP contribution in [0.4, 0.5) is 4.79 Å². The van der Waals surface area contributed by atoms with Gasteiger partial charge in [0.1, 0.15) is 0 Å². The smallest absolute Gasteiger partial charge is 0.320 e. The van der Waals surface area contributed by atoms with E-state index in [-0.39, 0.29) is 6.03 Å². The van der Waals surface area contributed by atoms with Crippen LogP contribution in [0.5, 0.6) is 0 Å². The maximum atomic E-state index is 12.2. The molecule has 24 heavy (non-hydrogen) atoms. The molecule has 0 aromatic carbocycles. The Hall–Kier alpha value is -1.91. The van der Waals surface area contributed by atoms with Crippen molar-refractivity contribution in [1.82, 2.24) is 31.1 Å². The van der Waals surface area contributed by atoms with Gasteiger partial charge in [0.05, 0.1) is 25.2 Å². The van der Waals surface area contributed by atoms with E-state index in [4.69, 9.17) is 10.5 Å². The number of rotatable bonds is 14. The van der Waals surface area contributed by atoms with Crippen LogP contribution in [-0.4, -0.2) is 94.4 Å². The molecule has 0 radical (unpaired) electrons. The van der Waals surface area contributed by atoms with Crippen molar-refractivity contribution in [2.75, 3.05) is 78.5 Å². The maximum absolute atomic E-state index is 12.2. The van der Waals surface area contributed by atoms with Crippen molar-refractivity contribution in [2.45, 2.75) is 0 Å². The molecule has 0 aliphatic carbocycles. The van der Waals surface area contributed by atoms with E-state index in [0.717, 1.165) is 52.4 Å². The Morgan fingerprint density at radius 2 is 1.17 bits per heavy atom. The van der Waals surface area contributed by atoms with E-state index in [0.29, 0.717) is 26.2 Å². The summed E-state index contributed by atoms with van der Waals surface area (Å²) in [6, 6.07) is 4.16. The number of hydrogen-bond donors (Lipinski definition) is 4. The Balaban J connectivity index is 2.00. The molecule has 2 amide bonds. The molecule has 0 atom stereocenters. The van der Waals surface area contributed by atoms with Gasteiger partial charge in [-0.2, -0.15) is 10.5 Å². The van der Waals surface area contributed by atoms with Crippen LogP contribution in [0.1, 0.15) is 0 Å². The van der Waals surface area contributed by atoms with Crippen molar-refractivity contribution in [3.8, 4) is 12.1 Å². The van der Waals surface area contributed by atoms with Crippen LogP contribution in [-0.2, 0) is 0 Å². The van der Waals surface area contributed by atoms with E-state index in [9.17, 15) is 4.79 Å². The summed E-state index contributed by atoms with van der Waals surface area (Å²) in [4.78, 5) is 15.9. The van der Waals surface area contributed by atoms with Crippen molar-refractivity contribution in [1.29, 1.82) is 10.5 Å². The highest BCUT2D eigenvalue weighted by Gasteiger charge is 2.26. The molecule has 0 unspecified atom stereocenters. The lowest BCUT2D eigenvalue weighted by Gasteiger charge is -2.19. The van der Waals surface area contributed by atoms with Gasteiger partial charge in [-0.25, -0.2) is 4.79 Å². The van der Waals surface area contributed by atoms with E-state index >= 15 is 0 Å². The molecule has 9 heteroatoms. The van der Waals surface area contributed by atoms with Crippen LogP contribution >= 0.6 is 0 Å². The van der Waals surface area contributed by atoms with E-state index in [1.54, 1.807) is 0 Å². The first kappa shape index (κ1) is 20.1. The first-order valence-electron chi connectivity index (χ1n) is 8.40. The molecule has 1 saturated heterocycles. The monoisotopic (exact) mass is 336 g/mol. The van der Waals surface area contributed by atoms with E-state index in [1.165, 1.54) is 0 Å². The van der Waals surface area contributed by atoms with Crippen molar-refractivity contribution < 1.29 is 4.79 Å². The molecule has 1 rings (SSSR count). The fraction of sp³-hybridized carbons (Fsp3) is 0.800. The van der Waals surface area contributed by atoms with Crippen LogP contribution in [0.2, 0.25) is 0 Å². The highest BCUT2D eigenvalue weighted by Crippen LogP contribution is 2.06. The SMILES string of the molecule is N#CCNCCNCCN1CCN(CCNCCNCC#N)C1=O. The molecule has 1 aliphatic rings. The van der Waals surface area contributed by atoms with Crippen LogP contribution in [0.25, 0.3) is 0 Å². The van der Waals surface area contributed by atoms with Gasteiger partial charge in [0.2, 0.25) is 0 Å². The minimum absolute atomic E-state index is 0.101. The molecular formula is C15H28N8O. The number of amides is 2. The first-order chi connectivity index (χ1) is 11.8. The Morgan fingerprint density at radius 1 is 0.750 bits per heavy atom. The van der Waals surface area contributed by atoms with E-state index < -0.39 is 0 Å². The molecule has 0 saturated carbocycles. The number of nitrogens with one attached hydrogen (secondary N) is 4. The molecule has 1 aliphatic heterocycles. The Labute approximate surface area is 144 Å². The molecule has 0 aromatic rings. The summed E-state index contributed by atoms with van der Waals surface area (Å²) in [6.45, 7) is 8.30. The van der Waals surface area contributed by atoms with Crippen molar-refractivity contribution in [2.24, 2.45) is 0 Å². The van der Waals surface area contributed by atoms with Gasteiger partial charge >= 0.3 is 6.03 Å². The average molecular weight is 336 g/mol. The lowest BCUT2D eigenvalue weighted by Crippen LogP contribution is -2.40. The molecule has 0 aromatic heterocycles. The van der Waals surface area contributed by atoms with Crippen molar-refractivity contribution in [3.63, 3.8) is 0 Å². The summed E-state index contributed by atoms with van der Waals surface area (Å²) in [7, 11) is 0. The third-order valence-electron chi connectivity index (χ3n) is 3.66. The minimum Gasteiger partial charge on any atom is -0.322 e. The normalized spacial score (nSPS) is 14.0. The Bertz CT molecular complexity index is 392. The van der Waals surface area contributed by atoms with Crippen LogP contribution in [0, 0.1) is 22.7 Å². The van der Waals surface area contributed by atoms with Gasteiger partial charge in [0.25, 0.3) is 0 Å². The lowest BCUT2D eigenvalue weighted by atomic mass is 10.5. The Morgan fingerprint density at radius 3 is 1.58 bits per heavy atom. The zero-order chi connectivity index (χ0) is 17.5. The summed E-state index contributed by atoms with van der Waals surface area (Å²) in [6.07, 6.45) is 0. The van der Waals surface area contributed by atoms with Gasteiger partial charge in [0.15, 0.2) is 0 Å². The van der Waals surface area contributed by atoms with Crippen molar-refractivity contribution >= 4 is 6.03 Å². The number of hydrogen-bond acceptors (Lipinski definition) is 7. The van der Waals surface area contributed by atoms with Crippen LogP contribution < -0.4 is 21.3 Å². The summed E-state index contributed by atoms with van der Waals surface area (Å²) < 4.78 is 0. The zero-order valence-corrected chi connectivity index (χ0v) is 14.2. The van der Waals surface area contributed by atoms with Crippen molar-refractivity contribution in [3.05, 3.63) is 0 Å². The fourth-order valence-corrected chi connectivity index (χ4v) is 2.37. The standard InChI is InChI=1S/C15H28N8O/c16-1-3-18-5-7-20-9-11-22-13-14-23(15(22)24)12-10-21-8-6-19-4-2-17/h18-21H,3-14H2. The molecule has 4 N–H and O–H groups in total. The third kappa shape index (κ3) is 8.65. The van der Waals surface area contributed by atoms with E-state index in [2.05, 4.69) is 21.3 Å². The predicted octanol–water partition coefficient (Wildman–Crippen LogP) is -1.87. The van der Waals surface area contributed by atoms with Crippen LogP contribution in [0.3, 0.4) is 0 Å². The molecule has 0 spiro atoms. The maximum Gasteiger partial charge on any atom is 0.320 e. The largest absolute Gasteiger partial charge is 0.322 e. The first-order valence-corrected chi connectivity index (χ1v) is 8.40. The number of nitrogens with zero attached hydrogens (tertiary/aromatic N) is 4. The van der Waals surface area contributed by atoms with Gasteiger partial charge in [-0.05, 0) is 0 Å². The lowest BCUT2D eigenvalue weighted by molar-refractivity contribution is 0.192. The molecule has 1 heterocycles. The van der Waals surface area contributed by atoms with Gasteiger partial charge in [0, 0.05) is 65.4 Å². The van der Waals surface area contributed by atoms with Gasteiger partial charge in [-0.1, -0.05) is 0 Å². The second-order valence-electron chi connectivity index (χ2n) is 5.43. The quantitative estimate of drug-likeness (QED) is 0.217. The minimum atomic E-state index is 0.101.